The molecule has 1 aromatic carbocycles. The van der Waals surface area contributed by atoms with Crippen LogP contribution in [0, 0.1) is 5.92 Å². The van der Waals surface area contributed by atoms with E-state index in [4.69, 9.17) is 0 Å². The average molecular weight is 349 g/mol. The van der Waals surface area contributed by atoms with Crippen LogP contribution in [0.25, 0.3) is 22.3 Å². The van der Waals surface area contributed by atoms with Gasteiger partial charge in [-0.05, 0) is 30.0 Å². The number of aromatic nitrogens is 4. The molecule has 4 rings (SSSR count). The van der Waals surface area contributed by atoms with E-state index in [1.165, 1.54) is 5.56 Å². The SMILES string of the molecule is CC(C)Cc1ccc2[nH]nc(-c3cc(N4CC=CC(O)C4)ncn3)c2c1. The lowest BCUT2D eigenvalue weighted by atomic mass is 10.0. The highest BCUT2D eigenvalue weighted by Crippen LogP contribution is 2.28. The van der Waals surface area contributed by atoms with Gasteiger partial charge in [0.1, 0.15) is 17.8 Å². The van der Waals surface area contributed by atoms with Crippen LogP contribution in [0.4, 0.5) is 5.82 Å². The maximum Gasteiger partial charge on any atom is 0.132 e. The summed E-state index contributed by atoms with van der Waals surface area (Å²) >= 11 is 0. The van der Waals surface area contributed by atoms with Crippen LogP contribution in [-0.4, -0.2) is 44.5 Å². The number of rotatable bonds is 4. The van der Waals surface area contributed by atoms with E-state index in [0.29, 0.717) is 12.5 Å². The Morgan fingerprint density at radius 2 is 2.15 bits per heavy atom. The smallest absolute Gasteiger partial charge is 0.132 e. The molecule has 6 nitrogen and oxygen atoms in total. The molecule has 0 saturated carbocycles. The first-order valence-electron chi connectivity index (χ1n) is 8.99. The van der Waals surface area contributed by atoms with Crippen molar-refractivity contribution in [3.63, 3.8) is 0 Å². The Hall–Kier alpha value is -2.73. The molecule has 0 radical (unpaired) electrons. The van der Waals surface area contributed by atoms with E-state index in [1.807, 2.05) is 23.1 Å². The Kier molecular flexibility index (Phi) is 4.42. The van der Waals surface area contributed by atoms with Crippen molar-refractivity contribution < 1.29 is 5.11 Å². The van der Waals surface area contributed by atoms with Gasteiger partial charge in [-0.1, -0.05) is 32.1 Å². The standard InChI is InChI=1S/C20H23N5O/c1-13(2)8-14-5-6-17-16(9-14)20(24-23-17)18-10-19(22-12-21-18)25-7-3-4-15(26)11-25/h3-6,9-10,12-13,15,26H,7-8,11H2,1-2H3,(H,23,24). The highest BCUT2D eigenvalue weighted by atomic mass is 16.3. The van der Waals surface area contributed by atoms with Gasteiger partial charge in [0.25, 0.3) is 0 Å². The van der Waals surface area contributed by atoms with Gasteiger partial charge in [-0.25, -0.2) is 9.97 Å². The normalized spacial score (nSPS) is 17.4. The topological polar surface area (TPSA) is 77.9 Å². The zero-order valence-electron chi connectivity index (χ0n) is 15.1. The Morgan fingerprint density at radius 1 is 1.27 bits per heavy atom. The number of β-amino-alcohol motifs (C(OH)–C–C–N with tert-alkyl or cyclic N) is 1. The molecule has 1 unspecified atom stereocenters. The van der Waals surface area contributed by atoms with E-state index in [0.717, 1.165) is 41.1 Å². The van der Waals surface area contributed by atoms with E-state index in [9.17, 15) is 5.11 Å². The Bertz CT molecular complexity index is 946. The second-order valence-electron chi connectivity index (χ2n) is 7.21. The van der Waals surface area contributed by atoms with Crippen molar-refractivity contribution in [3.8, 4) is 11.4 Å². The monoisotopic (exact) mass is 349 g/mol. The van der Waals surface area contributed by atoms with Crippen molar-refractivity contribution in [3.05, 3.63) is 48.3 Å². The van der Waals surface area contributed by atoms with Crippen LogP contribution in [0.3, 0.4) is 0 Å². The summed E-state index contributed by atoms with van der Waals surface area (Å²) in [6.45, 7) is 5.71. The number of aromatic amines is 1. The van der Waals surface area contributed by atoms with Crippen molar-refractivity contribution in [2.45, 2.75) is 26.4 Å². The number of nitrogens with one attached hydrogen (secondary N) is 1. The van der Waals surface area contributed by atoms with Gasteiger partial charge in [-0.3, -0.25) is 5.10 Å². The second kappa shape index (κ2) is 6.88. The van der Waals surface area contributed by atoms with Gasteiger partial charge in [0.05, 0.1) is 17.3 Å². The summed E-state index contributed by atoms with van der Waals surface area (Å²) in [6, 6.07) is 8.37. The van der Waals surface area contributed by atoms with Gasteiger partial charge >= 0.3 is 0 Å². The van der Waals surface area contributed by atoms with E-state index < -0.39 is 6.10 Å². The highest BCUT2D eigenvalue weighted by Gasteiger charge is 2.17. The molecule has 2 N–H and O–H groups in total. The van der Waals surface area contributed by atoms with Crippen molar-refractivity contribution in [2.24, 2.45) is 5.92 Å². The van der Waals surface area contributed by atoms with Crippen molar-refractivity contribution in [1.82, 2.24) is 20.2 Å². The number of nitrogens with zero attached hydrogens (tertiary/aromatic N) is 4. The van der Waals surface area contributed by atoms with Crippen LogP contribution in [-0.2, 0) is 6.42 Å². The molecule has 26 heavy (non-hydrogen) atoms. The fourth-order valence-corrected chi connectivity index (χ4v) is 3.40. The number of anilines is 1. The highest BCUT2D eigenvalue weighted by molar-refractivity contribution is 5.92. The third kappa shape index (κ3) is 3.32. The zero-order chi connectivity index (χ0) is 18.1. The van der Waals surface area contributed by atoms with Gasteiger partial charge in [0.15, 0.2) is 0 Å². The molecular weight excluding hydrogens is 326 g/mol. The first-order chi connectivity index (χ1) is 12.6. The molecule has 1 atom stereocenters. The van der Waals surface area contributed by atoms with Crippen LogP contribution in [0.5, 0.6) is 0 Å². The number of fused-ring (bicyclic) bond motifs is 1. The molecule has 0 amide bonds. The predicted molar refractivity (Wildman–Crippen MR) is 103 cm³/mol. The molecule has 0 bridgehead atoms. The third-order valence-electron chi connectivity index (χ3n) is 4.58. The summed E-state index contributed by atoms with van der Waals surface area (Å²) in [7, 11) is 0. The van der Waals surface area contributed by atoms with Crippen LogP contribution >= 0.6 is 0 Å². The molecule has 2 aromatic heterocycles. The second-order valence-corrected chi connectivity index (χ2v) is 7.21. The molecule has 6 heteroatoms. The van der Waals surface area contributed by atoms with Crippen LogP contribution < -0.4 is 4.90 Å². The van der Waals surface area contributed by atoms with Crippen molar-refractivity contribution in [2.75, 3.05) is 18.0 Å². The van der Waals surface area contributed by atoms with E-state index in [2.05, 4.69) is 52.2 Å². The minimum Gasteiger partial charge on any atom is -0.387 e. The first kappa shape index (κ1) is 16.7. The van der Waals surface area contributed by atoms with E-state index in [-0.39, 0.29) is 0 Å². The molecule has 0 saturated heterocycles. The zero-order valence-corrected chi connectivity index (χ0v) is 15.1. The van der Waals surface area contributed by atoms with Gasteiger partial charge in [0.2, 0.25) is 0 Å². The van der Waals surface area contributed by atoms with Gasteiger partial charge in [-0.15, -0.1) is 0 Å². The lowest BCUT2D eigenvalue weighted by Gasteiger charge is -2.27. The Labute approximate surface area is 152 Å². The largest absolute Gasteiger partial charge is 0.387 e. The molecule has 3 heterocycles. The maximum atomic E-state index is 9.85. The van der Waals surface area contributed by atoms with Crippen LogP contribution in [0.15, 0.2) is 42.7 Å². The summed E-state index contributed by atoms with van der Waals surface area (Å²) < 4.78 is 0. The summed E-state index contributed by atoms with van der Waals surface area (Å²) in [5, 5.41) is 18.5. The van der Waals surface area contributed by atoms with Gasteiger partial charge < -0.3 is 10.0 Å². The lowest BCUT2D eigenvalue weighted by molar-refractivity contribution is 0.224. The minimum absolute atomic E-state index is 0.466. The van der Waals surface area contributed by atoms with Crippen molar-refractivity contribution >= 4 is 16.7 Å². The minimum atomic E-state index is -0.466. The molecule has 0 aliphatic carbocycles. The molecule has 3 aromatic rings. The van der Waals surface area contributed by atoms with Crippen LogP contribution in [0.1, 0.15) is 19.4 Å². The number of hydrogen-bond donors (Lipinski definition) is 2. The molecule has 1 aliphatic heterocycles. The lowest BCUT2D eigenvalue weighted by Crippen LogP contribution is -2.35. The quantitative estimate of drug-likeness (QED) is 0.708. The van der Waals surface area contributed by atoms with E-state index >= 15 is 0 Å². The summed E-state index contributed by atoms with van der Waals surface area (Å²) in [6.07, 6.45) is 5.90. The molecule has 0 fully saturated rings. The molecule has 134 valence electrons. The average Bonchev–Trinajstić information content (AvgIpc) is 3.04. The summed E-state index contributed by atoms with van der Waals surface area (Å²) in [4.78, 5) is 10.8. The van der Waals surface area contributed by atoms with E-state index in [1.54, 1.807) is 6.33 Å². The number of hydrogen-bond acceptors (Lipinski definition) is 5. The fraction of sp³-hybridized carbons (Fsp3) is 0.350. The number of H-pyrrole nitrogens is 1. The third-order valence-corrected chi connectivity index (χ3v) is 4.58. The first-order valence-corrected chi connectivity index (χ1v) is 8.99. The Morgan fingerprint density at radius 3 is 2.96 bits per heavy atom. The molecular formula is C20H23N5O. The summed E-state index contributed by atoms with van der Waals surface area (Å²) in [5.41, 5.74) is 3.92. The number of benzene rings is 1. The van der Waals surface area contributed by atoms with Crippen LogP contribution in [0.2, 0.25) is 0 Å². The molecule has 1 aliphatic rings. The maximum absolute atomic E-state index is 9.85. The predicted octanol–water partition coefficient (Wildman–Crippen LogP) is 2.96. The van der Waals surface area contributed by atoms with Gasteiger partial charge in [0, 0.05) is 24.5 Å². The fourth-order valence-electron chi connectivity index (χ4n) is 3.40. The number of aliphatic hydroxyl groups is 1. The van der Waals surface area contributed by atoms with Gasteiger partial charge in [-0.2, -0.15) is 5.10 Å². The summed E-state index contributed by atoms with van der Waals surface area (Å²) in [5.74, 6) is 1.40. The number of aliphatic hydroxyl groups excluding tert-OH is 1. The Balaban J connectivity index is 1.71. The molecule has 0 spiro atoms. The van der Waals surface area contributed by atoms with Crippen molar-refractivity contribution in [1.29, 1.82) is 0 Å².